The molecular weight excluding hydrogens is 159 g/mol. The second-order valence-electron chi connectivity index (χ2n) is 1.95. The fourth-order valence-electron chi connectivity index (χ4n) is 0.678. The predicted octanol–water partition coefficient (Wildman–Crippen LogP) is 0.989. The fraction of sp³-hybridized carbons (Fsp3) is 0.800. The van der Waals surface area contributed by atoms with E-state index in [1.807, 2.05) is 18.3 Å². The maximum Gasteiger partial charge on any atom is 0.0851 e. The van der Waals surface area contributed by atoms with Crippen LogP contribution < -0.4 is 0 Å². The average Bonchev–Trinajstić information content (AvgIpc) is 2.14. The molecule has 2 nitrogen and oxygen atoms in total. The molecule has 0 fully saturated rings. The number of likely N-dealkylation sites (N-methyl/N-ethyl adjacent to an activating group) is 1. The molecule has 1 rings (SSSR count). The van der Waals surface area contributed by atoms with E-state index in [4.69, 9.17) is 11.6 Å². The number of hydrogen-bond acceptors (Lipinski definition) is 2. The van der Waals surface area contributed by atoms with Gasteiger partial charge in [-0.25, -0.2) is 0 Å². The zero-order chi connectivity index (χ0) is 5.98. The van der Waals surface area contributed by atoms with Crippen molar-refractivity contribution in [2.75, 3.05) is 19.5 Å². The highest BCUT2D eigenvalue weighted by atomic mass is 35.5. The van der Waals surface area contributed by atoms with Crippen LogP contribution in [-0.4, -0.2) is 36.8 Å². The standard InChI is InChI=1S/C5H9ClN2.ClH/c1-8-4-7-3-5(8)2-6;/h4-5H,2-3H2,1H3;1H. The first kappa shape index (κ1) is 9.05. The predicted molar refractivity (Wildman–Crippen MR) is 42.9 cm³/mol. The molecule has 9 heavy (non-hydrogen) atoms. The van der Waals surface area contributed by atoms with Crippen molar-refractivity contribution in [2.45, 2.75) is 6.04 Å². The van der Waals surface area contributed by atoms with Gasteiger partial charge in [0.15, 0.2) is 0 Å². The first-order chi connectivity index (χ1) is 3.84. The summed E-state index contributed by atoms with van der Waals surface area (Å²) in [5.41, 5.74) is 0. The molecule has 1 aliphatic rings. The molecule has 1 unspecified atom stereocenters. The van der Waals surface area contributed by atoms with E-state index in [1.165, 1.54) is 0 Å². The summed E-state index contributed by atoms with van der Waals surface area (Å²) in [7, 11) is 1.99. The third-order valence-corrected chi connectivity index (χ3v) is 1.69. The Kier molecular flexibility index (Phi) is 3.98. The van der Waals surface area contributed by atoms with Crippen molar-refractivity contribution in [3.63, 3.8) is 0 Å². The molecule has 0 N–H and O–H groups in total. The molecular formula is C5H10Cl2N2. The van der Waals surface area contributed by atoms with Crippen LogP contribution >= 0.6 is 24.0 Å². The lowest BCUT2D eigenvalue weighted by Gasteiger charge is -2.14. The summed E-state index contributed by atoms with van der Waals surface area (Å²) in [5.74, 6) is 0.677. The second-order valence-corrected chi connectivity index (χ2v) is 2.26. The van der Waals surface area contributed by atoms with Gasteiger partial charge in [0, 0.05) is 12.9 Å². The van der Waals surface area contributed by atoms with E-state index in [0.29, 0.717) is 11.9 Å². The Labute approximate surface area is 66.3 Å². The molecule has 0 aliphatic carbocycles. The lowest BCUT2D eigenvalue weighted by atomic mass is 10.3. The van der Waals surface area contributed by atoms with Crippen LogP contribution in [0.5, 0.6) is 0 Å². The van der Waals surface area contributed by atoms with Crippen molar-refractivity contribution < 1.29 is 0 Å². The first-order valence-electron chi connectivity index (χ1n) is 2.62. The number of hydrogen-bond donors (Lipinski definition) is 0. The van der Waals surface area contributed by atoms with Crippen molar-refractivity contribution in [3.8, 4) is 0 Å². The van der Waals surface area contributed by atoms with Gasteiger partial charge in [-0.15, -0.1) is 24.0 Å². The van der Waals surface area contributed by atoms with E-state index in [-0.39, 0.29) is 12.4 Å². The van der Waals surface area contributed by atoms with E-state index < -0.39 is 0 Å². The van der Waals surface area contributed by atoms with Gasteiger partial charge in [0.2, 0.25) is 0 Å². The monoisotopic (exact) mass is 168 g/mol. The molecule has 4 heteroatoms. The van der Waals surface area contributed by atoms with Crippen LogP contribution in [0.25, 0.3) is 0 Å². The maximum atomic E-state index is 5.58. The summed E-state index contributed by atoms with van der Waals surface area (Å²) in [6, 6.07) is 0.441. The topological polar surface area (TPSA) is 15.6 Å². The Morgan fingerprint density at radius 2 is 2.56 bits per heavy atom. The van der Waals surface area contributed by atoms with Crippen molar-refractivity contribution in [1.82, 2.24) is 4.90 Å². The van der Waals surface area contributed by atoms with Crippen LogP contribution in [0.1, 0.15) is 0 Å². The minimum absolute atomic E-state index is 0. The molecule has 0 saturated carbocycles. The maximum absolute atomic E-state index is 5.58. The molecule has 0 saturated heterocycles. The number of aliphatic imine (C=N–C) groups is 1. The zero-order valence-corrected chi connectivity index (χ0v) is 6.82. The highest BCUT2D eigenvalue weighted by Gasteiger charge is 2.13. The molecule has 1 heterocycles. The van der Waals surface area contributed by atoms with E-state index in [0.717, 1.165) is 6.54 Å². The Bertz CT molecular complexity index is 105. The van der Waals surface area contributed by atoms with Gasteiger partial charge in [-0.3, -0.25) is 4.99 Å². The van der Waals surface area contributed by atoms with E-state index in [1.54, 1.807) is 0 Å². The van der Waals surface area contributed by atoms with Crippen molar-refractivity contribution in [2.24, 2.45) is 4.99 Å². The SMILES string of the molecule is CN1C=NCC1CCl.Cl. The van der Waals surface area contributed by atoms with Crippen molar-refractivity contribution in [3.05, 3.63) is 0 Å². The smallest absolute Gasteiger partial charge is 0.0851 e. The Morgan fingerprint density at radius 1 is 1.89 bits per heavy atom. The van der Waals surface area contributed by atoms with Crippen molar-refractivity contribution in [1.29, 1.82) is 0 Å². The lowest BCUT2D eigenvalue weighted by molar-refractivity contribution is 0.445. The number of alkyl halides is 1. The Balaban J connectivity index is 0.000000640. The van der Waals surface area contributed by atoms with Gasteiger partial charge in [-0.05, 0) is 0 Å². The molecule has 0 spiro atoms. The first-order valence-corrected chi connectivity index (χ1v) is 3.16. The van der Waals surface area contributed by atoms with Gasteiger partial charge in [0.05, 0.1) is 18.9 Å². The highest BCUT2D eigenvalue weighted by Crippen LogP contribution is 2.02. The fourth-order valence-corrected chi connectivity index (χ4v) is 0.994. The second kappa shape index (κ2) is 3.96. The van der Waals surface area contributed by atoms with Crippen LogP contribution in [0, 0.1) is 0 Å². The Hall–Kier alpha value is 0.0500. The molecule has 1 aliphatic heterocycles. The minimum Gasteiger partial charge on any atom is -0.360 e. The van der Waals surface area contributed by atoms with Gasteiger partial charge in [-0.2, -0.15) is 0 Å². The van der Waals surface area contributed by atoms with E-state index in [2.05, 4.69) is 4.99 Å². The van der Waals surface area contributed by atoms with Gasteiger partial charge in [0.1, 0.15) is 0 Å². The third-order valence-electron chi connectivity index (χ3n) is 1.33. The van der Waals surface area contributed by atoms with Crippen molar-refractivity contribution >= 4 is 30.3 Å². The molecule has 54 valence electrons. The summed E-state index contributed by atoms with van der Waals surface area (Å²) >= 11 is 5.58. The minimum atomic E-state index is 0. The van der Waals surface area contributed by atoms with Crippen LogP contribution in [0.4, 0.5) is 0 Å². The number of halogens is 2. The lowest BCUT2D eigenvalue weighted by Crippen LogP contribution is -2.28. The van der Waals surface area contributed by atoms with Gasteiger partial charge >= 0.3 is 0 Å². The quantitative estimate of drug-likeness (QED) is 0.534. The van der Waals surface area contributed by atoms with E-state index in [9.17, 15) is 0 Å². The third kappa shape index (κ3) is 2.03. The summed E-state index contributed by atoms with van der Waals surface area (Å²) in [4.78, 5) is 6.07. The molecule has 0 bridgehead atoms. The summed E-state index contributed by atoms with van der Waals surface area (Å²) in [6.07, 6.45) is 1.83. The van der Waals surface area contributed by atoms with Crippen LogP contribution in [0.3, 0.4) is 0 Å². The van der Waals surface area contributed by atoms with Crippen LogP contribution in [0.15, 0.2) is 4.99 Å². The molecule has 1 atom stereocenters. The molecule has 0 amide bonds. The summed E-state index contributed by atoms with van der Waals surface area (Å²) in [5, 5.41) is 0. The zero-order valence-electron chi connectivity index (χ0n) is 5.25. The van der Waals surface area contributed by atoms with Crippen LogP contribution in [-0.2, 0) is 0 Å². The normalized spacial score (nSPS) is 24.2. The molecule has 0 aromatic carbocycles. The number of nitrogens with zero attached hydrogens (tertiary/aromatic N) is 2. The van der Waals surface area contributed by atoms with Gasteiger partial charge in [-0.1, -0.05) is 0 Å². The molecule has 0 aromatic rings. The summed E-state index contributed by atoms with van der Waals surface area (Å²) < 4.78 is 0. The van der Waals surface area contributed by atoms with Gasteiger partial charge < -0.3 is 4.90 Å². The molecule has 0 radical (unpaired) electrons. The highest BCUT2D eigenvalue weighted by molar-refractivity contribution is 6.18. The van der Waals surface area contributed by atoms with Gasteiger partial charge in [0.25, 0.3) is 0 Å². The largest absolute Gasteiger partial charge is 0.360 e. The van der Waals surface area contributed by atoms with Crippen LogP contribution in [0.2, 0.25) is 0 Å². The average molecular weight is 169 g/mol. The number of rotatable bonds is 1. The Morgan fingerprint density at radius 3 is 2.78 bits per heavy atom. The summed E-state index contributed by atoms with van der Waals surface area (Å²) in [6.45, 7) is 0.861. The van der Waals surface area contributed by atoms with E-state index >= 15 is 0 Å². The molecule has 0 aromatic heterocycles.